The van der Waals surface area contributed by atoms with E-state index in [0.29, 0.717) is 23.5 Å². The average Bonchev–Trinajstić information content (AvgIpc) is 2.73. The molecule has 2 fully saturated rings. The normalized spacial score (nSPS) is 31.3. The van der Waals surface area contributed by atoms with Gasteiger partial charge in [-0.05, 0) is 23.3 Å². The Bertz CT molecular complexity index is 514. The molecule has 1 aromatic rings. The minimum absolute atomic E-state index is 0.390. The summed E-state index contributed by atoms with van der Waals surface area (Å²) in [4.78, 5) is 2.45. The van der Waals surface area contributed by atoms with Gasteiger partial charge in [0.05, 0.1) is 5.75 Å². The van der Waals surface area contributed by atoms with E-state index in [0.717, 1.165) is 19.6 Å². The highest BCUT2D eigenvalue weighted by molar-refractivity contribution is 7.90. The zero-order chi connectivity index (χ0) is 12.8. The number of sulfone groups is 1. The van der Waals surface area contributed by atoms with Crippen molar-refractivity contribution in [1.29, 1.82) is 0 Å². The Morgan fingerprint density at radius 1 is 1.17 bits per heavy atom. The zero-order valence-corrected chi connectivity index (χ0v) is 11.4. The summed E-state index contributed by atoms with van der Waals surface area (Å²) in [5, 5.41) is 0. The van der Waals surface area contributed by atoms with Crippen molar-refractivity contribution in [2.45, 2.75) is 6.54 Å². The monoisotopic (exact) mass is 265 g/mol. The molecule has 3 rings (SSSR count). The van der Waals surface area contributed by atoms with Crippen molar-refractivity contribution in [3.05, 3.63) is 35.9 Å². The molecular formula is C14H19NO2S. The summed E-state index contributed by atoms with van der Waals surface area (Å²) in [6.07, 6.45) is 1.35. The summed E-state index contributed by atoms with van der Waals surface area (Å²) in [5.74, 6) is 2.08. The van der Waals surface area contributed by atoms with Gasteiger partial charge in [0.1, 0.15) is 9.84 Å². The van der Waals surface area contributed by atoms with Crippen LogP contribution in [0.4, 0.5) is 0 Å². The second kappa shape index (κ2) is 4.35. The first-order valence-corrected chi connectivity index (χ1v) is 8.53. The largest absolute Gasteiger partial charge is 0.298 e. The van der Waals surface area contributed by atoms with Gasteiger partial charge in [-0.15, -0.1) is 0 Å². The third kappa shape index (κ3) is 2.59. The molecule has 0 N–H and O–H groups in total. The highest BCUT2D eigenvalue weighted by atomic mass is 32.2. The van der Waals surface area contributed by atoms with Crippen LogP contribution in [-0.2, 0) is 16.4 Å². The lowest BCUT2D eigenvalue weighted by Crippen LogP contribution is -2.25. The van der Waals surface area contributed by atoms with E-state index in [1.165, 1.54) is 11.8 Å². The molecule has 1 aromatic carbocycles. The molecule has 1 aliphatic heterocycles. The van der Waals surface area contributed by atoms with E-state index in [-0.39, 0.29) is 0 Å². The molecule has 98 valence electrons. The van der Waals surface area contributed by atoms with E-state index in [4.69, 9.17) is 0 Å². The Labute approximate surface area is 109 Å². The molecule has 1 aliphatic carbocycles. The van der Waals surface area contributed by atoms with Gasteiger partial charge in [-0.1, -0.05) is 30.3 Å². The Kier molecular flexibility index (Phi) is 2.94. The molecule has 3 nitrogen and oxygen atoms in total. The number of benzene rings is 1. The van der Waals surface area contributed by atoms with E-state index in [9.17, 15) is 8.42 Å². The molecule has 1 saturated heterocycles. The lowest BCUT2D eigenvalue weighted by Gasteiger charge is -2.19. The van der Waals surface area contributed by atoms with Crippen LogP contribution in [0.3, 0.4) is 0 Å². The summed E-state index contributed by atoms with van der Waals surface area (Å²) in [7, 11) is -2.80. The SMILES string of the molecule is CS(=O)(=O)CC1C2CN(Cc3ccccc3)CC21. The minimum atomic E-state index is -2.80. The number of likely N-dealkylation sites (tertiary alicyclic amines) is 1. The lowest BCUT2D eigenvalue weighted by atomic mass is 10.2. The van der Waals surface area contributed by atoms with Crippen molar-refractivity contribution >= 4 is 9.84 Å². The smallest absolute Gasteiger partial charge is 0.147 e. The van der Waals surface area contributed by atoms with E-state index in [2.05, 4.69) is 29.2 Å². The minimum Gasteiger partial charge on any atom is -0.298 e. The second-order valence-electron chi connectivity index (χ2n) is 5.76. The first-order chi connectivity index (χ1) is 8.53. The highest BCUT2D eigenvalue weighted by Gasteiger charge is 2.56. The molecule has 1 heterocycles. The van der Waals surface area contributed by atoms with Crippen LogP contribution in [0.1, 0.15) is 5.56 Å². The van der Waals surface area contributed by atoms with E-state index < -0.39 is 9.84 Å². The fraction of sp³-hybridized carbons (Fsp3) is 0.571. The predicted octanol–water partition coefficient (Wildman–Crippen LogP) is 1.41. The number of nitrogens with zero attached hydrogens (tertiary/aromatic N) is 1. The number of rotatable bonds is 4. The van der Waals surface area contributed by atoms with Crippen LogP contribution in [0.2, 0.25) is 0 Å². The summed E-state index contributed by atoms with van der Waals surface area (Å²) in [6.45, 7) is 3.14. The third-order valence-corrected chi connectivity index (χ3v) is 5.18. The maximum atomic E-state index is 11.3. The Hall–Kier alpha value is -0.870. The number of fused-ring (bicyclic) bond motifs is 1. The summed E-state index contributed by atoms with van der Waals surface area (Å²) >= 11 is 0. The van der Waals surface area contributed by atoms with Gasteiger partial charge in [0.25, 0.3) is 0 Å². The fourth-order valence-electron chi connectivity index (χ4n) is 3.30. The first-order valence-electron chi connectivity index (χ1n) is 6.47. The van der Waals surface area contributed by atoms with Crippen LogP contribution in [-0.4, -0.2) is 38.4 Å². The molecular weight excluding hydrogens is 246 g/mol. The maximum Gasteiger partial charge on any atom is 0.147 e. The van der Waals surface area contributed by atoms with E-state index in [1.807, 2.05) is 6.07 Å². The maximum absolute atomic E-state index is 11.3. The van der Waals surface area contributed by atoms with Crippen molar-refractivity contribution in [3.63, 3.8) is 0 Å². The van der Waals surface area contributed by atoms with Crippen molar-refractivity contribution in [3.8, 4) is 0 Å². The van der Waals surface area contributed by atoms with Gasteiger partial charge < -0.3 is 0 Å². The summed E-state index contributed by atoms with van der Waals surface area (Å²) in [5.41, 5.74) is 1.35. The molecule has 0 spiro atoms. The third-order valence-electron chi connectivity index (χ3n) is 4.19. The molecule has 2 aliphatic rings. The number of hydrogen-bond donors (Lipinski definition) is 0. The van der Waals surface area contributed by atoms with Crippen LogP contribution in [0.15, 0.2) is 30.3 Å². The van der Waals surface area contributed by atoms with Gasteiger partial charge in [0.15, 0.2) is 0 Å². The Morgan fingerprint density at radius 3 is 2.33 bits per heavy atom. The predicted molar refractivity (Wildman–Crippen MR) is 71.9 cm³/mol. The standard InChI is InChI=1S/C14H19NO2S/c1-18(16,17)10-14-12-8-15(9-13(12)14)7-11-5-3-2-4-6-11/h2-6,12-14H,7-10H2,1H3. The van der Waals surface area contributed by atoms with Crippen molar-refractivity contribution in [2.24, 2.45) is 17.8 Å². The van der Waals surface area contributed by atoms with Crippen molar-refractivity contribution in [1.82, 2.24) is 4.90 Å². The van der Waals surface area contributed by atoms with Gasteiger partial charge >= 0.3 is 0 Å². The summed E-state index contributed by atoms with van der Waals surface area (Å²) in [6, 6.07) is 10.5. The molecule has 0 aromatic heterocycles. The Balaban J connectivity index is 1.52. The van der Waals surface area contributed by atoms with Gasteiger partial charge in [0.2, 0.25) is 0 Å². The molecule has 4 heteroatoms. The van der Waals surface area contributed by atoms with Gasteiger partial charge in [-0.25, -0.2) is 8.42 Å². The fourth-order valence-corrected chi connectivity index (χ4v) is 4.50. The topological polar surface area (TPSA) is 37.4 Å². The zero-order valence-electron chi connectivity index (χ0n) is 10.6. The lowest BCUT2D eigenvalue weighted by molar-refractivity contribution is 0.282. The van der Waals surface area contributed by atoms with Crippen LogP contribution in [0.5, 0.6) is 0 Å². The average molecular weight is 265 g/mol. The molecule has 18 heavy (non-hydrogen) atoms. The van der Waals surface area contributed by atoms with Crippen LogP contribution < -0.4 is 0 Å². The van der Waals surface area contributed by atoms with Gasteiger partial charge in [-0.3, -0.25) is 4.90 Å². The molecule has 0 amide bonds. The van der Waals surface area contributed by atoms with E-state index in [1.54, 1.807) is 0 Å². The van der Waals surface area contributed by atoms with Gasteiger partial charge in [-0.2, -0.15) is 0 Å². The van der Waals surface area contributed by atoms with Gasteiger partial charge in [0, 0.05) is 25.9 Å². The van der Waals surface area contributed by atoms with Crippen LogP contribution in [0.25, 0.3) is 0 Å². The molecule has 1 saturated carbocycles. The molecule has 0 radical (unpaired) electrons. The van der Waals surface area contributed by atoms with E-state index >= 15 is 0 Å². The van der Waals surface area contributed by atoms with Crippen molar-refractivity contribution < 1.29 is 8.42 Å². The summed E-state index contributed by atoms with van der Waals surface area (Å²) < 4.78 is 22.5. The highest BCUT2D eigenvalue weighted by Crippen LogP contribution is 2.52. The van der Waals surface area contributed by atoms with Crippen molar-refractivity contribution in [2.75, 3.05) is 25.1 Å². The molecule has 2 unspecified atom stereocenters. The number of hydrogen-bond acceptors (Lipinski definition) is 3. The second-order valence-corrected chi connectivity index (χ2v) is 7.95. The quantitative estimate of drug-likeness (QED) is 0.826. The van der Waals surface area contributed by atoms with Crippen LogP contribution in [0, 0.1) is 17.8 Å². The molecule has 0 bridgehead atoms. The molecule has 2 atom stereocenters. The van der Waals surface area contributed by atoms with Crippen LogP contribution >= 0.6 is 0 Å². The number of piperidine rings is 1. The Morgan fingerprint density at radius 2 is 1.78 bits per heavy atom. The first kappa shape index (κ1) is 12.2.